The van der Waals surface area contributed by atoms with Crippen LogP contribution in [0.3, 0.4) is 0 Å². The maximum absolute atomic E-state index is 13.3. The predicted octanol–water partition coefficient (Wildman–Crippen LogP) is 4.33. The van der Waals surface area contributed by atoms with Gasteiger partial charge in [-0.1, -0.05) is 30.3 Å². The van der Waals surface area contributed by atoms with E-state index in [0.29, 0.717) is 15.9 Å². The number of hydrogen-bond donors (Lipinski definition) is 1. The first-order valence-corrected chi connectivity index (χ1v) is 11.7. The van der Waals surface area contributed by atoms with Crippen molar-refractivity contribution in [2.75, 3.05) is 23.4 Å². The fourth-order valence-electron chi connectivity index (χ4n) is 4.34. The van der Waals surface area contributed by atoms with Crippen molar-refractivity contribution < 1.29 is 9.72 Å². The van der Waals surface area contributed by atoms with Gasteiger partial charge in [0.25, 0.3) is 17.2 Å². The summed E-state index contributed by atoms with van der Waals surface area (Å²) in [7, 11) is 0. The first kappa shape index (κ1) is 21.8. The molecule has 9 nitrogen and oxygen atoms in total. The molecule has 34 heavy (non-hydrogen) atoms. The molecule has 5 rings (SSSR count). The maximum atomic E-state index is 13.3. The van der Waals surface area contributed by atoms with Gasteiger partial charge >= 0.3 is 0 Å². The highest BCUT2D eigenvalue weighted by Gasteiger charge is 2.24. The van der Waals surface area contributed by atoms with Crippen LogP contribution in [0.4, 0.5) is 11.4 Å². The third-order valence-corrected chi connectivity index (χ3v) is 6.97. The molecule has 0 atom stereocenters. The summed E-state index contributed by atoms with van der Waals surface area (Å²) in [6.07, 6.45) is 3.22. The van der Waals surface area contributed by atoms with E-state index in [-0.39, 0.29) is 11.3 Å². The molecule has 2 aromatic carbocycles. The van der Waals surface area contributed by atoms with Crippen LogP contribution in [-0.2, 0) is 0 Å². The molecule has 1 saturated heterocycles. The molecule has 0 unspecified atom stereocenters. The largest absolute Gasteiger partial charge is 0.366 e. The first-order chi connectivity index (χ1) is 16.4. The quantitative estimate of drug-likeness (QED) is 0.340. The van der Waals surface area contributed by atoms with Crippen molar-refractivity contribution in [1.82, 2.24) is 9.66 Å². The molecule has 0 radical (unpaired) electrons. The average molecular weight is 476 g/mol. The van der Waals surface area contributed by atoms with E-state index in [1.54, 1.807) is 6.07 Å². The van der Waals surface area contributed by atoms with Gasteiger partial charge in [-0.15, -0.1) is 11.3 Å². The molecule has 1 fully saturated rings. The number of nitro benzene ring substituents is 1. The van der Waals surface area contributed by atoms with Gasteiger partial charge in [0.1, 0.15) is 16.8 Å². The fraction of sp³-hybridized carbons (Fsp3) is 0.208. The van der Waals surface area contributed by atoms with Crippen LogP contribution in [0.5, 0.6) is 0 Å². The van der Waals surface area contributed by atoms with E-state index in [0.717, 1.165) is 46.6 Å². The lowest BCUT2D eigenvalue weighted by molar-refractivity contribution is -0.384. The zero-order valence-electron chi connectivity index (χ0n) is 18.4. The van der Waals surface area contributed by atoms with Crippen LogP contribution >= 0.6 is 11.3 Å². The van der Waals surface area contributed by atoms with Crippen molar-refractivity contribution in [2.24, 2.45) is 0 Å². The van der Waals surface area contributed by atoms with Gasteiger partial charge in [-0.05, 0) is 37.5 Å². The normalized spacial score (nSPS) is 13.4. The van der Waals surface area contributed by atoms with Gasteiger partial charge in [-0.3, -0.25) is 25.1 Å². The smallest absolute Gasteiger partial charge is 0.293 e. The average Bonchev–Trinajstić information content (AvgIpc) is 3.49. The van der Waals surface area contributed by atoms with Crippen molar-refractivity contribution in [3.05, 3.63) is 85.8 Å². The molecule has 1 amide bonds. The maximum Gasteiger partial charge on any atom is 0.293 e. The SMILES string of the molecule is Cc1sc2ncn(NC(=O)c3ccc(N4CCCC4)c([N+](=O)[O-])c3)c(=O)c2c1-c1ccccc1. The van der Waals surface area contributed by atoms with Crippen LogP contribution in [0.1, 0.15) is 28.1 Å². The number of aryl methyl sites for hydroxylation is 1. The molecule has 10 heteroatoms. The summed E-state index contributed by atoms with van der Waals surface area (Å²) in [5.41, 5.74) is 4.26. The Kier molecular flexibility index (Phi) is 5.58. The highest BCUT2D eigenvalue weighted by atomic mass is 32.1. The summed E-state index contributed by atoms with van der Waals surface area (Å²) in [6, 6.07) is 13.9. The minimum atomic E-state index is -0.632. The lowest BCUT2D eigenvalue weighted by Crippen LogP contribution is -2.33. The number of thiophene rings is 1. The van der Waals surface area contributed by atoms with Gasteiger partial charge in [-0.25, -0.2) is 9.66 Å². The van der Waals surface area contributed by atoms with Crippen molar-refractivity contribution in [2.45, 2.75) is 19.8 Å². The molecule has 1 N–H and O–H groups in total. The number of amides is 1. The second-order valence-electron chi connectivity index (χ2n) is 8.09. The number of carbonyl (C=O) groups is 1. The summed E-state index contributed by atoms with van der Waals surface area (Å²) in [5.74, 6) is -0.632. The van der Waals surface area contributed by atoms with Crippen molar-refractivity contribution in [3.63, 3.8) is 0 Å². The summed E-state index contributed by atoms with van der Waals surface area (Å²) in [6.45, 7) is 3.42. The molecular formula is C24H21N5O4S. The lowest BCUT2D eigenvalue weighted by Gasteiger charge is -2.18. The zero-order valence-corrected chi connectivity index (χ0v) is 19.2. The monoisotopic (exact) mass is 475 g/mol. The van der Waals surface area contributed by atoms with Crippen molar-refractivity contribution in [3.8, 4) is 11.1 Å². The van der Waals surface area contributed by atoms with Crippen LogP contribution in [0.2, 0.25) is 0 Å². The summed E-state index contributed by atoms with van der Waals surface area (Å²) in [5, 5.41) is 12.1. The van der Waals surface area contributed by atoms with Gasteiger partial charge in [0.15, 0.2) is 0 Å². The number of benzene rings is 2. The molecule has 1 aliphatic rings. The Balaban J connectivity index is 1.51. The molecule has 172 valence electrons. The van der Waals surface area contributed by atoms with E-state index >= 15 is 0 Å². The molecule has 4 aromatic rings. The first-order valence-electron chi connectivity index (χ1n) is 10.8. The minimum absolute atomic E-state index is 0.0893. The minimum Gasteiger partial charge on any atom is -0.366 e. The third-order valence-electron chi connectivity index (χ3n) is 5.95. The standard InChI is InChI=1S/C24H21N5O4S/c1-15-20(16-7-3-2-4-8-16)21-23(34-15)25-14-28(24(21)31)26-22(30)17-9-10-18(19(13-17)29(32)33)27-11-5-6-12-27/h2-4,7-10,13-14H,5-6,11-12H2,1H3,(H,26,30). The lowest BCUT2D eigenvalue weighted by atomic mass is 10.0. The Morgan fingerprint density at radius 2 is 1.88 bits per heavy atom. The van der Waals surface area contributed by atoms with E-state index in [2.05, 4.69) is 10.4 Å². The molecule has 0 bridgehead atoms. The van der Waals surface area contributed by atoms with E-state index in [4.69, 9.17) is 0 Å². The Morgan fingerprint density at radius 1 is 1.15 bits per heavy atom. The predicted molar refractivity (Wildman–Crippen MR) is 132 cm³/mol. The van der Waals surface area contributed by atoms with Gasteiger partial charge < -0.3 is 4.90 Å². The van der Waals surface area contributed by atoms with Crippen LogP contribution in [0, 0.1) is 17.0 Å². The highest BCUT2D eigenvalue weighted by molar-refractivity contribution is 7.19. The zero-order chi connectivity index (χ0) is 23.8. The molecule has 3 heterocycles. The van der Waals surface area contributed by atoms with Crippen LogP contribution in [-0.4, -0.2) is 33.6 Å². The van der Waals surface area contributed by atoms with Crippen LogP contribution < -0.4 is 15.9 Å². The van der Waals surface area contributed by atoms with Gasteiger partial charge in [0.05, 0.1) is 10.3 Å². The Bertz CT molecular complexity index is 1470. The number of nitro groups is 1. The molecule has 1 aliphatic heterocycles. The second kappa shape index (κ2) is 8.71. The Labute approximate surface area is 198 Å². The number of nitrogens with zero attached hydrogens (tertiary/aromatic N) is 4. The summed E-state index contributed by atoms with van der Waals surface area (Å²) in [4.78, 5) is 45.3. The molecule has 0 saturated carbocycles. The molecule has 0 spiro atoms. The number of hydrogen-bond acceptors (Lipinski definition) is 7. The number of nitrogens with one attached hydrogen (secondary N) is 1. The topological polar surface area (TPSA) is 110 Å². The van der Waals surface area contributed by atoms with E-state index in [1.165, 1.54) is 29.8 Å². The van der Waals surface area contributed by atoms with Gasteiger partial charge in [-0.2, -0.15) is 0 Å². The van der Waals surface area contributed by atoms with E-state index < -0.39 is 16.4 Å². The van der Waals surface area contributed by atoms with E-state index in [1.807, 2.05) is 42.2 Å². The second-order valence-corrected chi connectivity index (χ2v) is 9.30. The molecule has 0 aliphatic carbocycles. The third kappa shape index (κ3) is 3.81. The van der Waals surface area contributed by atoms with Crippen molar-refractivity contribution >= 4 is 38.8 Å². The number of rotatable bonds is 5. The number of aromatic nitrogens is 2. The molecule has 2 aromatic heterocycles. The molecular weight excluding hydrogens is 454 g/mol. The number of anilines is 1. The fourth-order valence-corrected chi connectivity index (χ4v) is 5.35. The van der Waals surface area contributed by atoms with Gasteiger partial charge in [0, 0.05) is 35.2 Å². The van der Waals surface area contributed by atoms with Crippen molar-refractivity contribution in [1.29, 1.82) is 0 Å². The van der Waals surface area contributed by atoms with Crippen LogP contribution in [0.25, 0.3) is 21.3 Å². The van der Waals surface area contributed by atoms with Crippen LogP contribution in [0.15, 0.2) is 59.7 Å². The highest BCUT2D eigenvalue weighted by Crippen LogP contribution is 2.35. The summed E-state index contributed by atoms with van der Waals surface area (Å²) >= 11 is 1.41. The number of fused-ring (bicyclic) bond motifs is 1. The Hall–Kier alpha value is -4.05. The Morgan fingerprint density at radius 3 is 2.59 bits per heavy atom. The summed E-state index contributed by atoms with van der Waals surface area (Å²) < 4.78 is 1.03. The van der Waals surface area contributed by atoms with E-state index in [9.17, 15) is 19.7 Å². The number of carbonyl (C=O) groups excluding carboxylic acids is 1. The van der Waals surface area contributed by atoms with Gasteiger partial charge in [0.2, 0.25) is 0 Å².